The summed E-state index contributed by atoms with van der Waals surface area (Å²) < 4.78 is 32.3. The molecule has 0 aromatic heterocycles. The average Bonchev–Trinajstić information content (AvgIpc) is 2.48. The summed E-state index contributed by atoms with van der Waals surface area (Å²) in [5, 5.41) is 3.16. The fraction of sp³-hybridized carbons (Fsp3) is 0.538. The molecule has 1 N–H and O–H groups in total. The van der Waals surface area contributed by atoms with Gasteiger partial charge in [-0.2, -0.15) is 4.31 Å². The Balaban J connectivity index is 1.95. The van der Waals surface area contributed by atoms with Gasteiger partial charge in [0.1, 0.15) is 12.4 Å². The van der Waals surface area contributed by atoms with Crippen LogP contribution in [0.1, 0.15) is 0 Å². The van der Waals surface area contributed by atoms with Crippen LogP contribution in [-0.4, -0.2) is 59.1 Å². The molecule has 0 radical (unpaired) electrons. The van der Waals surface area contributed by atoms with E-state index in [4.69, 9.17) is 4.74 Å². The van der Waals surface area contributed by atoms with Gasteiger partial charge in [-0.1, -0.05) is 0 Å². The molecule has 3 rings (SSSR count). The van der Waals surface area contributed by atoms with Gasteiger partial charge in [-0.15, -0.1) is 0 Å². The number of nitrogens with one attached hydrogen (secondary N) is 1. The molecule has 2 aliphatic rings. The Morgan fingerprint density at radius 1 is 1.20 bits per heavy atom. The van der Waals surface area contributed by atoms with E-state index >= 15 is 0 Å². The van der Waals surface area contributed by atoms with Crippen molar-refractivity contribution in [3.8, 4) is 5.75 Å². The number of likely N-dealkylation sites (N-methyl/N-ethyl adjacent to an activating group) is 1. The zero-order valence-electron chi connectivity index (χ0n) is 11.5. The highest BCUT2D eigenvalue weighted by Gasteiger charge is 2.27. The smallest absolute Gasteiger partial charge is 0.243 e. The molecule has 0 saturated carbocycles. The van der Waals surface area contributed by atoms with Crippen molar-refractivity contribution in [3.63, 3.8) is 0 Å². The van der Waals surface area contributed by atoms with Crippen LogP contribution in [0.4, 0.5) is 5.69 Å². The first-order valence-electron chi connectivity index (χ1n) is 6.78. The van der Waals surface area contributed by atoms with E-state index in [1.807, 2.05) is 11.9 Å². The Hall–Kier alpha value is -1.31. The summed E-state index contributed by atoms with van der Waals surface area (Å²) in [5.41, 5.74) is 0.840. The second kappa shape index (κ2) is 5.23. The van der Waals surface area contributed by atoms with Crippen LogP contribution in [0.25, 0.3) is 0 Å². The molecular formula is C13H19N3O3S. The summed E-state index contributed by atoms with van der Waals surface area (Å²) in [5.74, 6) is 0.748. The number of fused-ring (bicyclic) bond motifs is 1. The van der Waals surface area contributed by atoms with Crippen LogP contribution in [0.15, 0.2) is 23.1 Å². The first-order chi connectivity index (χ1) is 9.59. The second-order valence-electron chi connectivity index (χ2n) is 5.05. The Morgan fingerprint density at radius 2 is 1.95 bits per heavy atom. The lowest BCUT2D eigenvalue weighted by Gasteiger charge is -2.30. The maximum absolute atomic E-state index is 12.6. The van der Waals surface area contributed by atoms with Crippen molar-refractivity contribution < 1.29 is 13.2 Å². The summed E-state index contributed by atoms with van der Waals surface area (Å²) in [7, 11) is -1.46. The molecule has 20 heavy (non-hydrogen) atoms. The molecule has 0 unspecified atom stereocenters. The molecule has 6 nitrogen and oxygen atoms in total. The summed E-state index contributed by atoms with van der Waals surface area (Å²) in [4.78, 5) is 2.37. The van der Waals surface area contributed by atoms with Crippen molar-refractivity contribution in [3.05, 3.63) is 18.2 Å². The van der Waals surface area contributed by atoms with Crippen molar-refractivity contribution in [1.82, 2.24) is 9.62 Å². The summed E-state index contributed by atoms with van der Waals surface area (Å²) in [6.45, 7) is 3.84. The van der Waals surface area contributed by atoms with E-state index in [-0.39, 0.29) is 0 Å². The molecule has 2 heterocycles. The van der Waals surface area contributed by atoms with Gasteiger partial charge in [0, 0.05) is 33.2 Å². The van der Waals surface area contributed by atoms with Crippen molar-refractivity contribution in [2.24, 2.45) is 0 Å². The van der Waals surface area contributed by atoms with Crippen molar-refractivity contribution in [2.75, 3.05) is 51.3 Å². The third-order valence-electron chi connectivity index (χ3n) is 3.74. The summed E-state index contributed by atoms with van der Waals surface area (Å²) in [6, 6.07) is 5.10. The fourth-order valence-corrected chi connectivity index (χ4v) is 3.99. The minimum atomic E-state index is -3.41. The van der Waals surface area contributed by atoms with Crippen LogP contribution < -0.4 is 15.0 Å². The number of benzene rings is 1. The third-order valence-corrected chi connectivity index (χ3v) is 5.63. The van der Waals surface area contributed by atoms with Gasteiger partial charge in [-0.05, 0) is 18.2 Å². The second-order valence-corrected chi connectivity index (χ2v) is 6.99. The van der Waals surface area contributed by atoms with E-state index in [2.05, 4.69) is 5.32 Å². The highest BCUT2D eigenvalue weighted by molar-refractivity contribution is 7.89. The lowest BCUT2D eigenvalue weighted by Crippen LogP contribution is -2.46. The monoisotopic (exact) mass is 297 g/mol. The molecule has 2 aliphatic heterocycles. The number of sulfonamides is 1. The number of ether oxygens (including phenoxy) is 1. The lowest BCUT2D eigenvalue weighted by atomic mass is 10.2. The predicted octanol–water partition coefficient (Wildman–Crippen LogP) is 0.109. The minimum Gasteiger partial charge on any atom is -0.490 e. The minimum absolute atomic E-state index is 0.343. The standard InChI is InChI=1S/C13H19N3O3S/c1-15-8-9-19-13-3-2-11(10-12(13)15)20(17,18)16-6-4-14-5-7-16/h2-3,10,14H,4-9H2,1H3. The van der Waals surface area contributed by atoms with Gasteiger partial charge in [0.25, 0.3) is 0 Å². The van der Waals surface area contributed by atoms with Crippen molar-refractivity contribution in [1.29, 1.82) is 0 Å². The normalized spacial score (nSPS) is 20.4. The van der Waals surface area contributed by atoms with Crippen LogP contribution >= 0.6 is 0 Å². The van der Waals surface area contributed by atoms with Crippen molar-refractivity contribution >= 4 is 15.7 Å². The molecule has 7 heteroatoms. The first-order valence-corrected chi connectivity index (χ1v) is 8.22. The third kappa shape index (κ3) is 2.36. The van der Waals surface area contributed by atoms with Gasteiger partial charge >= 0.3 is 0 Å². The molecule has 1 saturated heterocycles. The van der Waals surface area contributed by atoms with Crippen LogP contribution in [0.5, 0.6) is 5.75 Å². The summed E-state index contributed by atoms with van der Waals surface area (Å²) >= 11 is 0. The molecule has 0 atom stereocenters. The molecule has 1 aromatic rings. The van der Waals surface area contributed by atoms with Crippen LogP contribution in [0.3, 0.4) is 0 Å². The molecular weight excluding hydrogens is 278 g/mol. The number of rotatable bonds is 2. The number of hydrogen-bond donors (Lipinski definition) is 1. The fourth-order valence-electron chi connectivity index (χ4n) is 2.52. The van der Waals surface area contributed by atoms with Crippen molar-refractivity contribution in [2.45, 2.75) is 4.90 Å². The zero-order chi connectivity index (χ0) is 14.2. The molecule has 110 valence electrons. The molecule has 0 bridgehead atoms. The Bertz CT molecular complexity index is 597. The van der Waals surface area contributed by atoms with Crippen LogP contribution in [0, 0.1) is 0 Å². The van der Waals surface area contributed by atoms with Crippen LogP contribution in [-0.2, 0) is 10.0 Å². The molecule has 0 aliphatic carbocycles. The highest BCUT2D eigenvalue weighted by atomic mass is 32.2. The Morgan fingerprint density at radius 3 is 2.70 bits per heavy atom. The van der Waals surface area contributed by atoms with Gasteiger partial charge in [-0.3, -0.25) is 0 Å². The van der Waals surface area contributed by atoms with E-state index in [1.165, 1.54) is 4.31 Å². The van der Waals surface area contributed by atoms with Gasteiger partial charge in [0.05, 0.1) is 17.1 Å². The maximum atomic E-state index is 12.6. The highest BCUT2D eigenvalue weighted by Crippen LogP contribution is 2.33. The maximum Gasteiger partial charge on any atom is 0.243 e. The van der Waals surface area contributed by atoms with Gasteiger partial charge in [0.2, 0.25) is 10.0 Å². The summed E-state index contributed by atoms with van der Waals surface area (Å²) in [6.07, 6.45) is 0. The molecule has 0 amide bonds. The number of hydrogen-bond acceptors (Lipinski definition) is 5. The van der Waals surface area contributed by atoms with E-state index in [0.29, 0.717) is 37.7 Å². The first kappa shape index (κ1) is 13.7. The number of anilines is 1. The SMILES string of the molecule is CN1CCOc2ccc(S(=O)(=O)N3CCNCC3)cc21. The number of nitrogens with zero attached hydrogens (tertiary/aromatic N) is 2. The average molecular weight is 297 g/mol. The van der Waals surface area contributed by atoms with Gasteiger partial charge in [-0.25, -0.2) is 8.42 Å². The molecule has 0 spiro atoms. The molecule has 1 aromatic carbocycles. The topological polar surface area (TPSA) is 61.9 Å². The number of piperazine rings is 1. The van der Waals surface area contributed by atoms with E-state index in [1.54, 1.807) is 18.2 Å². The predicted molar refractivity (Wildman–Crippen MR) is 76.8 cm³/mol. The largest absolute Gasteiger partial charge is 0.490 e. The van der Waals surface area contributed by atoms with Gasteiger partial charge in [0.15, 0.2) is 0 Å². The quantitative estimate of drug-likeness (QED) is 0.839. The van der Waals surface area contributed by atoms with E-state index in [9.17, 15) is 8.42 Å². The lowest BCUT2D eigenvalue weighted by molar-refractivity contribution is 0.311. The van der Waals surface area contributed by atoms with Crippen LogP contribution in [0.2, 0.25) is 0 Å². The molecule has 1 fully saturated rings. The zero-order valence-corrected chi connectivity index (χ0v) is 12.3. The van der Waals surface area contributed by atoms with E-state index < -0.39 is 10.0 Å². The Kier molecular flexibility index (Phi) is 3.57. The Labute approximate surface area is 119 Å². The van der Waals surface area contributed by atoms with Gasteiger partial charge < -0.3 is 15.0 Å². The van der Waals surface area contributed by atoms with E-state index in [0.717, 1.165) is 18.0 Å².